The quantitative estimate of drug-likeness (QED) is 0.214. The molecule has 42 heavy (non-hydrogen) atoms. The molecule has 3 unspecified atom stereocenters. The highest BCUT2D eigenvalue weighted by atomic mass is 35.5. The fraction of sp³-hybridized carbons (Fsp3) is 0.290. The summed E-state index contributed by atoms with van der Waals surface area (Å²) in [5.41, 5.74) is 7.86. The molecule has 11 heteroatoms. The fourth-order valence-electron chi connectivity index (χ4n) is 4.80. The molecular weight excluding hydrogens is 557 g/mol. The third kappa shape index (κ3) is 8.61. The van der Waals surface area contributed by atoms with Crippen molar-refractivity contribution in [3.05, 3.63) is 89.7 Å². The van der Waals surface area contributed by atoms with E-state index in [2.05, 4.69) is 25.6 Å². The average molecular weight is 592 g/mol. The van der Waals surface area contributed by atoms with Crippen LogP contribution in [0.1, 0.15) is 29.6 Å². The number of benzene rings is 2. The molecule has 2 aromatic heterocycles. The first kappa shape index (κ1) is 30.7. The van der Waals surface area contributed by atoms with Crippen molar-refractivity contribution in [2.45, 2.75) is 37.5 Å². The second-order valence-electron chi connectivity index (χ2n) is 10.4. The number of rotatable bonds is 8. The number of anilines is 1. The van der Waals surface area contributed by atoms with E-state index < -0.39 is 12.1 Å². The van der Waals surface area contributed by atoms with Gasteiger partial charge in [0.15, 0.2) is 0 Å². The molecule has 1 aliphatic carbocycles. The molecule has 5 rings (SSSR count). The van der Waals surface area contributed by atoms with Gasteiger partial charge in [0, 0.05) is 46.9 Å². The third-order valence-electron chi connectivity index (χ3n) is 6.70. The number of nitrogens with one attached hydrogen (secondary N) is 3. The molecular formula is C31H35ClFN7O2. The van der Waals surface area contributed by atoms with E-state index in [1.807, 2.05) is 55.5 Å². The van der Waals surface area contributed by atoms with Gasteiger partial charge in [-0.2, -0.15) is 0 Å². The van der Waals surface area contributed by atoms with E-state index in [0.717, 1.165) is 23.0 Å². The predicted molar refractivity (Wildman–Crippen MR) is 165 cm³/mol. The van der Waals surface area contributed by atoms with Gasteiger partial charge in [-0.05, 0) is 57.6 Å². The number of primary amides is 1. The first-order chi connectivity index (χ1) is 20.2. The number of nitrogens with zero attached hydrogens (tertiary/aromatic N) is 3. The van der Waals surface area contributed by atoms with Gasteiger partial charge >= 0.3 is 0 Å². The summed E-state index contributed by atoms with van der Waals surface area (Å²) in [7, 11) is 3.84. The molecule has 0 saturated heterocycles. The highest BCUT2D eigenvalue weighted by Crippen LogP contribution is 2.33. The van der Waals surface area contributed by atoms with Crippen LogP contribution in [0.5, 0.6) is 0 Å². The lowest BCUT2D eigenvalue weighted by atomic mass is 9.89. The first-order valence-corrected chi connectivity index (χ1v) is 14.0. The van der Waals surface area contributed by atoms with Crippen LogP contribution in [-0.2, 0) is 4.79 Å². The molecule has 0 aliphatic heterocycles. The largest absolute Gasteiger partial charge is 0.366 e. The van der Waals surface area contributed by atoms with Gasteiger partial charge in [-0.1, -0.05) is 54.1 Å². The molecule has 2 amide bonds. The van der Waals surface area contributed by atoms with E-state index in [1.54, 1.807) is 36.5 Å². The van der Waals surface area contributed by atoms with E-state index in [-0.39, 0.29) is 18.0 Å². The number of carbonyl (C=O) groups excluding carboxylic acids is 2. The second kappa shape index (κ2) is 14.6. The van der Waals surface area contributed by atoms with E-state index in [9.17, 15) is 14.0 Å². The number of aromatic amines is 1. The molecule has 0 spiro atoms. The average Bonchev–Trinajstić information content (AvgIpc) is 3.38. The minimum absolute atomic E-state index is 0.196. The second-order valence-corrected chi connectivity index (χ2v) is 10.8. The number of hydrogen-bond acceptors (Lipinski definition) is 6. The molecule has 5 N–H and O–H groups in total. The minimum Gasteiger partial charge on any atom is -0.366 e. The van der Waals surface area contributed by atoms with Crippen molar-refractivity contribution in [1.29, 1.82) is 0 Å². The van der Waals surface area contributed by atoms with Crippen LogP contribution >= 0.6 is 11.6 Å². The van der Waals surface area contributed by atoms with Crippen LogP contribution in [0, 0.1) is 0 Å². The number of fused-ring (bicyclic) bond motifs is 1. The first-order valence-electron chi connectivity index (χ1n) is 13.7. The zero-order chi connectivity index (χ0) is 30.1. The Labute approximate surface area is 249 Å². The molecule has 1 saturated carbocycles. The van der Waals surface area contributed by atoms with Gasteiger partial charge in [0.2, 0.25) is 11.9 Å². The van der Waals surface area contributed by atoms with Crippen molar-refractivity contribution in [3.8, 4) is 11.3 Å². The Bertz CT molecular complexity index is 1530. The maximum Gasteiger partial charge on any atom is 0.251 e. The van der Waals surface area contributed by atoms with Gasteiger partial charge in [-0.15, -0.1) is 0 Å². The lowest BCUT2D eigenvalue weighted by molar-refractivity contribution is -0.113. The normalized spacial score (nSPS) is 18.5. The van der Waals surface area contributed by atoms with Gasteiger partial charge in [0.05, 0.1) is 16.9 Å². The number of likely N-dealkylation sites (N-methyl/N-ethyl adjacent to an activating group) is 1. The molecule has 220 valence electrons. The van der Waals surface area contributed by atoms with Gasteiger partial charge in [-0.25, -0.2) is 14.4 Å². The number of alkyl halides is 1. The summed E-state index contributed by atoms with van der Waals surface area (Å²) in [5.74, 6) is -0.207. The van der Waals surface area contributed by atoms with Crippen molar-refractivity contribution >= 4 is 40.3 Å². The number of halogens is 2. The molecule has 0 radical (unpaired) electrons. The van der Waals surface area contributed by atoms with Crippen molar-refractivity contribution in [2.75, 3.05) is 26.0 Å². The summed E-state index contributed by atoms with van der Waals surface area (Å²) in [6, 6.07) is 16.4. The topological polar surface area (TPSA) is 129 Å². The van der Waals surface area contributed by atoms with Crippen LogP contribution < -0.4 is 16.4 Å². The molecule has 3 atom stereocenters. The summed E-state index contributed by atoms with van der Waals surface area (Å²) in [6.07, 6.45) is 6.67. The number of nitrogens with two attached hydrogens (primary N) is 1. The van der Waals surface area contributed by atoms with E-state index >= 15 is 0 Å². The molecule has 9 nitrogen and oxygen atoms in total. The number of hydrogen-bond donors (Lipinski definition) is 4. The molecule has 1 fully saturated rings. The number of aromatic nitrogens is 3. The van der Waals surface area contributed by atoms with Crippen LogP contribution in [0.3, 0.4) is 0 Å². The molecule has 2 aromatic carbocycles. The Kier molecular flexibility index (Phi) is 10.6. The Morgan fingerprint density at radius 3 is 2.55 bits per heavy atom. The molecule has 4 aromatic rings. The summed E-state index contributed by atoms with van der Waals surface area (Å²) < 4.78 is 14.5. The molecule has 1 aliphatic rings. The molecule has 0 bridgehead atoms. The van der Waals surface area contributed by atoms with Crippen molar-refractivity contribution in [3.63, 3.8) is 0 Å². The van der Waals surface area contributed by atoms with Crippen LogP contribution in [0.15, 0.2) is 79.1 Å². The SMILES string of the molecule is CN(C)C/C=C/C(N)=O.O=C(NC1CC(F)CC(Nc2ncc(Cl)c(-c3c[nH]c4ccccc34)n2)C1)c1ccccc1. The number of para-hydroxylation sites is 1. The Balaban J connectivity index is 0.000000392. The predicted octanol–water partition coefficient (Wildman–Crippen LogP) is 4.97. The van der Waals surface area contributed by atoms with Crippen LogP contribution in [0.25, 0.3) is 22.2 Å². The van der Waals surface area contributed by atoms with Gasteiger partial charge in [-0.3, -0.25) is 9.59 Å². The van der Waals surface area contributed by atoms with Crippen molar-refractivity contribution in [1.82, 2.24) is 25.2 Å². The van der Waals surface area contributed by atoms with Crippen LogP contribution in [0.2, 0.25) is 5.02 Å². The molecule has 2 heterocycles. The van der Waals surface area contributed by atoms with Crippen molar-refractivity contribution in [2.24, 2.45) is 5.73 Å². The smallest absolute Gasteiger partial charge is 0.251 e. The van der Waals surface area contributed by atoms with Gasteiger partial charge in [0.25, 0.3) is 5.91 Å². The lowest BCUT2D eigenvalue weighted by Crippen LogP contribution is -2.45. The maximum atomic E-state index is 14.5. The standard InChI is InChI=1S/C25H23ClFN5O.C6H12N2O/c26-21-14-29-25(32-23(21)20-13-28-22-9-5-4-8-19(20)22)31-18-11-16(27)10-17(12-18)30-24(33)15-6-2-1-3-7-15;1-8(2)5-3-4-6(7)9/h1-9,13-14,16-18,28H,10-12H2,(H,30,33)(H,29,31,32);3-4H,5H2,1-2H3,(H2,7,9)/b;4-3+. The minimum atomic E-state index is -1.03. The maximum absolute atomic E-state index is 14.5. The zero-order valence-electron chi connectivity index (χ0n) is 23.6. The number of amides is 2. The zero-order valence-corrected chi connectivity index (χ0v) is 24.3. The summed E-state index contributed by atoms with van der Waals surface area (Å²) in [4.78, 5) is 36.7. The van der Waals surface area contributed by atoms with Gasteiger partial charge < -0.3 is 26.3 Å². The fourth-order valence-corrected chi connectivity index (χ4v) is 4.99. The number of H-pyrrole nitrogens is 1. The van der Waals surface area contributed by atoms with Crippen LogP contribution in [0.4, 0.5) is 10.3 Å². The van der Waals surface area contributed by atoms with Crippen LogP contribution in [-0.4, -0.2) is 70.6 Å². The van der Waals surface area contributed by atoms with E-state index in [4.69, 9.17) is 17.3 Å². The Morgan fingerprint density at radius 2 is 1.81 bits per heavy atom. The van der Waals surface area contributed by atoms with E-state index in [1.165, 1.54) is 6.08 Å². The number of carbonyl (C=O) groups is 2. The third-order valence-corrected chi connectivity index (χ3v) is 6.97. The lowest BCUT2D eigenvalue weighted by Gasteiger charge is -2.32. The van der Waals surface area contributed by atoms with E-state index in [0.29, 0.717) is 41.5 Å². The Morgan fingerprint density at radius 1 is 1.10 bits per heavy atom. The highest BCUT2D eigenvalue weighted by molar-refractivity contribution is 6.33. The Hall–Kier alpha value is -4.28. The summed E-state index contributed by atoms with van der Waals surface area (Å²) in [6.45, 7) is 0.753. The summed E-state index contributed by atoms with van der Waals surface area (Å²) in [5, 5.41) is 7.65. The highest BCUT2D eigenvalue weighted by Gasteiger charge is 2.30. The summed E-state index contributed by atoms with van der Waals surface area (Å²) >= 11 is 6.42. The van der Waals surface area contributed by atoms with Gasteiger partial charge in [0.1, 0.15) is 6.17 Å². The monoisotopic (exact) mass is 591 g/mol. The van der Waals surface area contributed by atoms with Crippen molar-refractivity contribution < 1.29 is 14.0 Å².